The van der Waals surface area contributed by atoms with Crippen molar-refractivity contribution in [2.24, 2.45) is 4.99 Å². The molecular weight excluding hydrogens is 439 g/mol. The second-order valence-electron chi connectivity index (χ2n) is 5.68. The van der Waals surface area contributed by atoms with Crippen LogP contribution >= 0.6 is 35.3 Å². The smallest absolute Gasteiger partial charge is 0.219 e. The number of carbonyl (C=O) groups excluding carboxylic acids is 1. The number of aliphatic imine (C=N–C) groups is 1. The van der Waals surface area contributed by atoms with Gasteiger partial charge in [0.2, 0.25) is 5.91 Å². The van der Waals surface area contributed by atoms with Gasteiger partial charge in [-0.05, 0) is 6.92 Å². The summed E-state index contributed by atoms with van der Waals surface area (Å²) in [5, 5.41) is 6.38. The minimum Gasteiger partial charge on any atom is -0.357 e. The molecule has 1 amide bonds. The summed E-state index contributed by atoms with van der Waals surface area (Å²) in [6.45, 7) is 8.21. The molecular formula is C15H27IN6OS. The zero-order valence-electron chi connectivity index (χ0n) is 14.8. The SMILES string of the molecule is CCNC(=NCc1csc(N(C)C)n1)N1CCN(C(C)=O)CC1.I. The van der Waals surface area contributed by atoms with Crippen molar-refractivity contribution in [3.05, 3.63) is 11.1 Å². The van der Waals surface area contributed by atoms with Crippen molar-refractivity contribution in [3.63, 3.8) is 0 Å². The molecule has 1 saturated heterocycles. The molecule has 1 aliphatic rings. The molecule has 136 valence electrons. The molecule has 0 radical (unpaired) electrons. The molecule has 7 nitrogen and oxygen atoms in total. The first kappa shape index (κ1) is 20.9. The standard InChI is InChI=1S/C15H26N6OS.HI/c1-5-16-14(21-8-6-20(7-9-21)12(2)22)17-10-13-11-23-15(18-13)19(3)4;/h11H,5-10H2,1-4H3,(H,16,17);1H. The molecule has 1 aromatic heterocycles. The van der Waals surface area contributed by atoms with Gasteiger partial charge in [-0.2, -0.15) is 0 Å². The number of amides is 1. The molecule has 0 aliphatic carbocycles. The van der Waals surface area contributed by atoms with Crippen molar-refractivity contribution in [1.29, 1.82) is 0 Å². The van der Waals surface area contributed by atoms with Crippen molar-refractivity contribution in [2.45, 2.75) is 20.4 Å². The van der Waals surface area contributed by atoms with Crippen LogP contribution < -0.4 is 10.2 Å². The summed E-state index contributed by atoms with van der Waals surface area (Å²) in [4.78, 5) is 26.8. The zero-order chi connectivity index (χ0) is 16.8. The van der Waals surface area contributed by atoms with Gasteiger partial charge >= 0.3 is 0 Å². The minimum absolute atomic E-state index is 0. The van der Waals surface area contributed by atoms with Gasteiger partial charge < -0.3 is 20.0 Å². The number of hydrogen-bond acceptors (Lipinski definition) is 5. The topological polar surface area (TPSA) is 64.1 Å². The van der Waals surface area contributed by atoms with Gasteiger partial charge in [-0.1, -0.05) is 0 Å². The molecule has 24 heavy (non-hydrogen) atoms. The van der Waals surface area contributed by atoms with Crippen LogP contribution in [-0.4, -0.2) is 73.5 Å². The second-order valence-corrected chi connectivity index (χ2v) is 6.52. The third-order valence-corrected chi connectivity index (χ3v) is 4.73. The Balaban J connectivity index is 0.00000288. The molecule has 0 bridgehead atoms. The Morgan fingerprint density at radius 3 is 2.46 bits per heavy atom. The third-order valence-electron chi connectivity index (χ3n) is 3.67. The van der Waals surface area contributed by atoms with Crippen LogP contribution in [0.1, 0.15) is 19.5 Å². The van der Waals surface area contributed by atoms with Crippen LogP contribution in [0, 0.1) is 0 Å². The largest absolute Gasteiger partial charge is 0.357 e. The lowest BCUT2D eigenvalue weighted by Gasteiger charge is -2.36. The lowest BCUT2D eigenvalue weighted by molar-refractivity contribution is -0.130. The molecule has 0 aromatic carbocycles. The van der Waals surface area contributed by atoms with E-state index in [0.717, 1.165) is 49.5 Å². The fourth-order valence-electron chi connectivity index (χ4n) is 2.39. The van der Waals surface area contributed by atoms with Gasteiger partial charge in [0.15, 0.2) is 11.1 Å². The fraction of sp³-hybridized carbons (Fsp3) is 0.667. The lowest BCUT2D eigenvalue weighted by atomic mass is 10.3. The Hall–Kier alpha value is -1.10. The number of rotatable bonds is 4. The van der Waals surface area contributed by atoms with Crippen LogP contribution in [0.2, 0.25) is 0 Å². The monoisotopic (exact) mass is 466 g/mol. The average Bonchev–Trinajstić information content (AvgIpc) is 3.01. The number of nitrogens with zero attached hydrogens (tertiary/aromatic N) is 5. The van der Waals surface area contributed by atoms with Crippen LogP contribution in [0.25, 0.3) is 0 Å². The Kier molecular flexibility index (Phi) is 8.74. The molecule has 2 heterocycles. The maximum Gasteiger partial charge on any atom is 0.219 e. The Labute approximate surface area is 165 Å². The van der Waals surface area contributed by atoms with Crippen molar-refractivity contribution < 1.29 is 4.79 Å². The first-order valence-electron chi connectivity index (χ1n) is 7.91. The van der Waals surface area contributed by atoms with E-state index in [2.05, 4.69) is 27.5 Å². The molecule has 1 aromatic rings. The van der Waals surface area contributed by atoms with Crippen LogP contribution in [0.4, 0.5) is 5.13 Å². The van der Waals surface area contributed by atoms with E-state index in [1.807, 2.05) is 23.9 Å². The van der Waals surface area contributed by atoms with Crippen molar-refractivity contribution in [2.75, 3.05) is 51.7 Å². The van der Waals surface area contributed by atoms with Gasteiger partial charge in [0.1, 0.15) is 0 Å². The second kappa shape index (κ2) is 10.0. The summed E-state index contributed by atoms with van der Waals surface area (Å²) in [6.07, 6.45) is 0. The highest BCUT2D eigenvalue weighted by molar-refractivity contribution is 14.0. The van der Waals surface area contributed by atoms with Crippen molar-refractivity contribution in [1.82, 2.24) is 20.1 Å². The number of aromatic nitrogens is 1. The highest BCUT2D eigenvalue weighted by Gasteiger charge is 2.20. The van der Waals surface area contributed by atoms with E-state index < -0.39 is 0 Å². The number of anilines is 1. The normalized spacial score (nSPS) is 15.1. The minimum atomic E-state index is 0. The van der Waals surface area contributed by atoms with Crippen LogP contribution in [-0.2, 0) is 11.3 Å². The highest BCUT2D eigenvalue weighted by atomic mass is 127. The number of guanidine groups is 1. The van der Waals surface area contributed by atoms with Gasteiger partial charge in [0.05, 0.1) is 12.2 Å². The van der Waals surface area contributed by atoms with Gasteiger partial charge in [-0.15, -0.1) is 35.3 Å². The number of hydrogen-bond donors (Lipinski definition) is 1. The Bertz CT molecular complexity index is 554. The molecule has 9 heteroatoms. The van der Waals surface area contributed by atoms with Gasteiger partial charge in [0, 0.05) is 59.1 Å². The number of halogens is 1. The highest BCUT2D eigenvalue weighted by Crippen LogP contribution is 2.18. The van der Waals surface area contributed by atoms with Crippen LogP contribution in [0.5, 0.6) is 0 Å². The van der Waals surface area contributed by atoms with Crippen molar-refractivity contribution >= 4 is 52.3 Å². The van der Waals surface area contributed by atoms with E-state index >= 15 is 0 Å². The summed E-state index contributed by atoms with van der Waals surface area (Å²) in [5.74, 6) is 1.04. The molecule has 1 aliphatic heterocycles. The number of nitrogens with one attached hydrogen (secondary N) is 1. The van der Waals surface area contributed by atoms with E-state index in [4.69, 9.17) is 4.99 Å². The zero-order valence-corrected chi connectivity index (χ0v) is 17.9. The molecule has 0 saturated carbocycles. The van der Waals surface area contributed by atoms with Gasteiger partial charge in [-0.25, -0.2) is 9.98 Å². The number of piperazine rings is 1. The Morgan fingerprint density at radius 1 is 1.33 bits per heavy atom. The first-order valence-corrected chi connectivity index (χ1v) is 8.79. The van der Waals surface area contributed by atoms with E-state index in [0.29, 0.717) is 6.54 Å². The van der Waals surface area contributed by atoms with Crippen LogP contribution in [0.15, 0.2) is 10.4 Å². The predicted molar refractivity (Wildman–Crippen MR) is 110 cm³/mol. The molecule has 0 unspecified atom stereocenters. The predicted octanol–water partition coefficient (Wildman–Crippen LogP) is 1.46. The maximum absolute atomic E-state index is 11.4. The Morgan fingerprint density at radius 2 is 1.96 bits per heavy atom. The average molecular weight is 466 g/mol. The molecule has 0 spiro atoms. The molecule has 2 rings (SSSR count). The van der Waals surface area contributed by atoms with E-state index in [1.165, 1.54) is 0 Å². The van der Waals surface area contributed by atoms with Gasteiger partial charge in [0.25, 0.3) is 0 Å². The molecule has 0 atom stereocenters. The molecule has 1 fully saturated rings. The number of thiazole rings is 1. The quantitative estimate of drug-likeness (QED) is 0.414. The lowest BCUT2D eigenvalue weighted by Crippen LogP contribution is -2.53. The summed E-state index contributed by atoms with van der Waals surface area (Å²) in [7, 11) is 3.98. The fourth-order valence-corrected chi connectivity index (χ4v) is 3.14. The van der Waals surface area contributed by atoms with E-state index in [-0.39, 0.29) is 29.9 Å². The summed E-state index contributed by atoms with van der Waals surface area (Å²) >= 11 is 1.63. The number of carbonyl (C=O) groups is 1. The van der Waals surface area contributed by atoms with E-state index in [1.54, 1.807) is 18.3 Å². The summed E-state index contributed by atoms with van der Waals surface area (Å²) in [5.41, 5.74) is 0.983. The summed E-state index contributed by atoms with van der Waals surface area (Å²) < 4.78 is 0. The van der Waals surface area contributed by atoms with Gasteiger partial charge in [-0.3, -0.25) is 4.79 Å². The van der Waals surface area contributed by atoms with E-state index in [9.17, 15) is 4.79 Å². The maximum atomic E-state index is 11.4. The van der Waals surface area contributed by atoms with Crippen LogP contribution in [0.3, 0.4) is 0 Å². The molecule has 1 N–H and O–H groups in total. The van der Waals surface area contributed by atoms with Crippen molar-refractivity contribution in [3.8, 4) is 0 Å². The summed E-state index contributed by atoms with van der Waals surface area (Å²) in [6, 6.07) is 0. The first-order chi connectivity index (χ1) is 11.0. The third kappa shape index (κ3) is 5.76.